The molecule has 3 rings (SSSR count). The molecule has 0 atom stereocenters. The summed E-state index contributed by atoms with van der Waals surface area (Å²) in [7, 11) is 0. The number of oxazole rings is 1. The summed E-state index contributed by atoms with van der Waals surface area (Å²) in [6, 6.07) is 10.5. The van der Waals surface area contributed by atoms with Crippen molar-refractivity contribution in [2.45, 2.75) is 0 Å². The molecule has 3 aromatic rings. The minimum absolute atomic E-state index is 0.456. The van der Waals surface area contributed by atoms with Crippen LogP contribution in [0.1, 0.15) is 0 Å². The van der Waals surface area contributed by atoms with Crippen LogP contribution >= 0.6 is 23.2 Å². The van der Waals surface area contributed by atoms with Gasteiger partial charge in [-0.25, -0.2) is 4.98 Å². The highest BCUT2D eigenvalue weighted by atomic mass is 35.5. The first-order valence-electron chi connectivity index (χ1n) is 5.25. The molecular weight excluding hydrogens is 271 g/mol. The van der Waals surface area contributed by atoms with Gasteiger partial charge in [-0.2, -0.15) is 0 Å². The van der Waals surface area contributed by atoms with Gasteiger partial charge in [0.2, 0.25) is 5.89 Å². The van der Waals surface area contributed by atoms with Crippen LogP contribution in [0.15, 0.2) is 40.8 Å². The van der Waals surface area contributed by atoms with Gasteiger partial charge in [0.25, 0.3) is 0 Å². The van der Waals surface area contributed by atoms with E-state index in [-0.39, 0.29) is 0 Å². The van der Waals surface area contributed by atoms with Gasteiger partial charge in [-0.15, -0.1) is 0 Å². The summed E-state index contributed by atoms with van der Waals surface area (Å²) in [4.78, 5) is 4.36. The van der Waals surface area contributed by atoms with E-state index in [0.717, 1.165) is 5.52 Å². The molecule has 0 aliphatic carbocycles. The Morgan fingerprint density at radius 2 is 1.89 bits per heavy atom. The number of halogens is 2. The lowest BCUT2D eigenvalue weighted by molar-refractivity contribution is 0.620. The molecule has 0 saturated carbocycles. The lowest BCUT2D eigenvalue weighted by atomic mass is 10.2. The molecule has 0 radical (unpaired) electrons. The zero-order valence-corrected chi connectivity index (χ0v) is 10.7. The number of rotatable bonds is 1. The van der Waals surface area contributed by atoms with Gasteiger partial charge in [0.15, 0.2) is 5.58 Å². The van der Waals surface area contributed by atoms with Crippen molar-refractivity contribution in [3.63, 3.8) is 0 Å². The van der Waals surface area contributed by atoms with Gasteiger partial charge < -0.3 is 10.2 Å². The lowest BCUT2D eigenvalue weighted by Gasteiger charge is -1.99. The molecule has 1 heterocycles. The number of nitrogens with two attached hydrogens (primary N) is 1. The van der Waals surface area contributed by atoms with Crippen LogP contribution in [0.5, 0.6) is 0 Å². The standard InChI is InChI=1S/C13H8Cl2N2O/c14-7-1-4-11-12(5-7)18-13(17-11)9-3-2-8(16)6-10(9)15/h1-6H,16H2. The predicted molar refractivity (Wildman–Crippen MR) is 73.9 cm³/mol. The van der Waals surface area contributed by atoms with Crippen LogP contribution in [-0.2, 0) is 0 Å². The number of fused-ring (bicyclic) bond motifs is 1. The largest absolute Gasteiger partial charge is 0.436 e. The minimum atomic E-state index is 0.456. The summed E-state index contributed by atoms with van der Waals surface area (Å²) in [5.74, 6) is 0.456. The van der Waals surface area contributed by atoms with Crippen LogP contribution in [0.2, 0.25) is 10.0 Å². The summed E-state index contributed by atoms with van der Waals surface area (Å²) >= 11 is 12.0. The number of nitrogens with zero attached hydrogens (tertiary/aromatic N) is 1. The molecule has 0 saturated heterocycles. The molecule has 1 aromatic heterocycles. The van der Waals surface area contributed by atoms with E-state index < -0.39 is 0 Å². The average Bonchev–Trinajstić information content (AvgIpc) is 2.71. The maximum Gasteiger partial charge on any atom is 0.228 e. The molecule has 0 aliphatic heterocycles. The molecular formula is C13H8Cl2N2O. The number of nitrogen functional groups attached to an aromatic ring is 1. The maximum absolute atomic E-state index is 6.12. The van der Waals surface area contributed by atoms with Gasteiger partial charge in [-0.1, -0.05) is 23.2 Å². The molecule has 0 spiro atoms. The van der Waals surface area contributed by atoms with Crippen LogP contribution in [0.4, 0.5) is 5.69 Å². The van der Waals surface area contributed by atoms with Crippen molar-refractivity contribution in [1.82, 2.24) is 4.98 Å². The molecule has 0 aliphatic rings. The number of anilines is 1. The fraction of sp³-hybridized carbons (Fsp3) is 0. The smallest absolute Gasteiger partial charge is 0.228 e. The Bertz CT molecular complexity index is 737. The van der Waals surface area contributed by atoms with Crippen molar-refractivity contribution in [1.29, 1.82) is 0 Å². The van der Waals surface area contributed by atoms with Crippen LogP contribution in [0.25, 0.3) is 22.6 Å². The van der Waals surface area contributed by atoms with Gasteiger partial charge in [0, 0.05) is 16.8 Å². The number of hydrogen-bond acceptors (Lipinski definition) is 3. The van der Waals surface area contributed by atoms with Crippen molar-refractivity contribution in [3.8, 4) is 11.5 Å². The maximum atomic E-state index is 6.12. The van der Waals surface area contributed by atoms with Crippen molar-refractivity contribution >= 4 is 40.0 Å². The third-order valence-corrected chi connectivity index (χ3v) is 3.12. The fourth-order valence-electron chi connectivity index (χ4n) is 1.72. The lowest BCUT2D eigenvalue weighted by Crippen LogP contribution is -1.85. The van der Waals surface area contributed by atoms with E-state index in [0.29, 0.717) is 32.8 Å². The number of hydrogen-bond donors (Lipinski definition) is 1. The molecule has 90 valence electrons. The third-order valence-electron chi connectivity index (χ3n) is 2.57. The summed E-state index contributed by atoms with van der Waals surface area (Å²) in [6.45, 7) is 0. The highest BCUT2D eigenvalue weighted by Gasteiger charge is 2.11. The predicted octanol–water partition coefficient (Wildman–Crippen LogP) is 4.38. The summed E-state index contributed by atoms with van der Waals surface area (Å²) in [5, 5.41) is 1.11. The quantitative estimate of drug-likeness (QED) is 0.672. The first-order valence-corrected chi connectivity index (χ1v) is 6.00. The Labute approximate surface area is 113 Å². The van der Waals surface area contributed by atoms with Crippen LogP contribution in [-0.4, -0.2) is 4.98 Å². The van der Waals surface area contributed by atoms with Crippen molar-refractivity contribution in [3.05, 3.63) is 46.4 Å². The molecule has 0 fully saturated rings. The SMILES string of the molecule is Nc1ccc(-c2nc3ccc(Cl)cc3o2)c(Cl)c1. The zero-order chi connectivity index (χ0) is 12.7. The first kappa shape index (κ1) is 11.4. The topological polar surface area (TPSA) is 52.0 Å². The van der Waals surface area contributed by atoms with Crippen molar-refractivity contribution in [2.24, 2.45) is 0 Å². The Morgan fingerprint density at radius 1 is 1.06 bits per heavy atom. The van der Waals surface area contributed by atoms with E-state index >= 15 is 0 Å². The highest BCUT2D eigenvalue weighted by Crippen LogP contribution is 2.31. The number of aromatic nitrogens is 1. The summed E-state index contributed by atoms with van der Waals surface area (Å²) in [5.41, 5.74) is 8.32. The Balaban J connectivity index is 2.19. The average molecular weight is 279 g/mol. The Hall–Kier alpha value is -1.71. The van der Waals surface area contributed by atoms with Crippen LogP contribution < -0.4 is 5.73 Å². The minimum Gasteiger partial charge on any atom is -0.436 e. The highest BCUT2D eigenvalue weighted by molar-refractivity contribution is 6.33. The van der Waals surface area contributed by atoms with Crippen LogP contribution in [0.3, 0.4) is 0 Å². The molecule has 0 unspecified atom stereocenters. The second kappa shape index (κ2) is 4.19. The zero-order valence-electron chi connectivity index (χ0n) is 9.15. The Kier molecular flexibility index (Phi) is 2.65. The van der Waals surface area contributed by atoms with Crippen molar-refractivity contribution < 1.29 is 4.42 Å². The molecule has 18 heavy (non-hydrogen) atoms. The summed E-state index contributed by atoms with van der Waals surface area (Å²) in [6.07, 6.45) is 0. The molecule has 5 heteroatoms. The van der Waals surface area contributed by atoms with Crippen LogP contribution in [0, 0.1) is 0 Å². The van der Waals surface area contributed by atoms with E-state index in [1.807, 2.05) is 0 Å². The third kappa shape index (κ3) is 1.92. The summed E-state index contributed by atoms with van der Waals surface area (Å²) < 4.78 is 5.63. The van der Waals surface area contributed by atoms with Gasteiger partial charge in [0.05, 0.1) is 10.6 Å². The normalized spacial score (nSPS) is 11.0. The second-order valence-electron chi connectivity index (χ2n) is 3.87. The van der Waals surface area contributed by atoms with E-state index in [1.165, 1.54) is 0 Å². The van der Waals surface area contributed by atoms with E-state index in [2.05, 4.69) is 4.98 Å². The van der Waals surface area contributed by atoms with E-state index in [4.69, 9.17) is 33.4 Å². The fourth-order valence-corrected chi connectivity index (χ4v) is 2.15. The van der Waals surface area contributed by atoms with Gasteiger partial charge in [0.1, 0.15) is 5.52 Å². The molecule has 0 bridgehead atoms. The van der Waals surface area contributed by atoms with Gasteiger partial charge >= 0.3 is 0 Å². The molecule has 2 N–H and O–H groups in total. The first-order chi connectivity index (χ1) is 8.63. The molecule has 3 nitrogen and oxygen atoms in total. The number of benzene rings is 2. The Morgan fingerprint density at radius 3 is 2.67 bits per heavy atom. The second-order valence-corrected chi connectivity index (χ2v) is 4.71. The monoisotopic (exact) mass is 278 g/mol. The van der Waals surface area contributed by atoms with Gasteiger partial charge in [-0.05, 0) is 30.3 Å². The molecule has 0 amide bonds. The van der Waals surface area contributed by atoms with Crippen molar-refractivity contribution in [2.75, 3.05) is 5.73 Å². The molecule has 2 aromatic carbocycles. The van der Waals surface area contributed by atoms with E-state index in [9.17, 15) is 0 Å². The van der Waals surface area contributed by atoms with Gasteiger partial charge in [-0.3, -0.25) is 0 Å². The van der Waals surface area contributed by atoms with E-state index in [1.54, 1.807) is 36.4 Å².